The number of halogens is 1. The van der Waals surface area contributed by atoms with Crippen molar-refractivity contribution in [2.75, 3.05) is 13.1 Å². The Morgan fingerprint density at radius 2 is 1.69 bits per heavy atom. The molecule has 7 heteroatoms. The largest absolute Gasteiger partial charge is 0.335 e. The first-order valence-electron chi connectivity index (χ1n) is 13.2. The molecule has 2 heterocycles. The lowest BCUT2D eigenvalue weighted by molar-refractivity contribution is -0.0148. The highest BCUT2D eigenvalue weighted by atomic mass is 19.1. The normalized spacial score (nSPS) is 19.9. The van der Waals surface area contributed by atoms with Crippen LogP contribution in [0.15, 0.2) is 47.3 Å². The van der Waals surface area contributed by atoms with Gasteiger partial charge in [0.15, 0.2) is 0 Å². The second-order valence-electron chi connectivity index (χ2n) is 11.0. The molecule has 6 rings (SSSR count). The molecule has 188 valence electrons. The SMILES string of the molecule is CC(C1CC1)N(C1CN(C(=O)c2cc(Cc3n[nH]c(=O)c4ccccc34)ccc2F)C1)C(C)C1CC1. The Bertz CT molecular complexity index is 1340. The fraction of sp³-hybridized carbons (Fsp3) is 0.483. The summed E-state index contributed by atoms with van der Waals surface area (Å²) >= 11 is 0. The van der Waals surface area contributed by atoms with Gasteiger partial charge in [0.25, 0.3) is 11.5 Å². The van der Waals surface area contributed by atoms with E-state index >= 15 is 0 Å². The lowest BCUT2D eigenvalue weighted by Crippen LogP contribution is -2.65. The number of H-pyrrole nitrogens is 1. The number of hydrogen-bond donors (Lipinski definition) is 1. The number of fused-ring (bicyclic) bond motifs is 1. The molecule has 2 unspecified atom stereocenters. The van der Waals surface area contributed by atoms with Crippen molar-refractivity contribution in [3.8, 4) is 0 Å². The van der Waals surface area contributed by atoms with Gasteiger partial charge in [-0.05, 0) is 75.1 Å². The van der Waals surface area contributed by atoms with E-state index in [9.17, 15) is 14.0 Å². The summed E-state index contributed by atoms with van der Waals surface area (Å²) in [5, 5.41) is 8.11. The van der Waals surface area contributed by atoms with Gasteiger partial charge in [0.05, 0.1) is 16.6 Å². The van der Waals surface area contributed by atoms with Crippen LogP contribution in [0.1, 0.15) is 61.1 Å². The third kappa shape index (κ3) is 4.34. The van der Waals surface area contributed by atoms with E-state index in [2.05, 4.69) is 28.9 Å². The van der Waals surface area contributed by atoms with Gasteiger partial charge in [-0.3, -0.25) is 14.5 Å². The van der Waals surface area contributed by atoms with Crippen molar-refractivity contribution in [1.29, 1.82) is 0 Å². The van der Waals surface area contributed by atoms with E-state index < -0.39 is 5.82 Å². The number of carbonyl (C=O) groups excluding carboxylic acids is 1. The standard InChI is InChI=1S/C29H33FN4O2/c1-17(20-8-9-20)34(18(2)21-10-11-21)22-15-33(16-22)29(36)25-13-19(7-12-26(25)30)14-27-23-5-3-4-6-24(23)28(35)32-31-27/h3-7,12-13,17-18,20-22H,8-11,14-16H2,1-2H3,(H,32,35). The van der Waals surface area contributed by atoms with Gasteiger partial charge in [-0.15, -0.1) is 0 Å². The molecule has 0 radical (unpaired) electrons. The van der Waals surface area contributed by atoms with Crippen molar-refractivity contribution in [2.45, 2.75) is 64.1 Å². The van der Waals surface area contributed by atoms with Crippen molar-refractivity contribution in [3.05, 3.63) is 75.5 Å². The van der Waals surface area contributed by atoms with E-state index in [4.69, 9.17) is 0 Å². The first kappa shape index (κ1) is 23.3. The molecule has 36 heavy (non-hydrogen) atoms. The molecule has 1 aliphatic heterocycles. The van der Waals surface area contributed by atoms with E-state index in [0.29, 0.717) is 48.7 Å². The predicted molar refractivity (Wildman–Crippen MR) is 137 cm³/mol. The summed E-state index contributed by atoms with van der Waals surface area (Å²) in [5.74, 6) is 0.814. The molecular formula is C29H33FN4O2. The summed E-state index contributed by atoms with van der Waals surface area (Å²) in [6.45, 7) is 6.00. The molecule has 2 aromatic carbocycles. The summed E-state index contributed by atoms with van der Waals surface area (Å²) < 4.78 is 14.8. The summed E-state index contributed by atoms with van der Waals surface area (Å²) in [7, 11) is 0. The molecule has 2 atom stereocenters. The van der Waals surface area contributed by atoms with Gasteiger partial charge in [0.1, 0.15) is 5.82 Å². The highest BCUT2D eigenvalue weighted by Gasteiger charge is 2.46. The van der Waals surface area contributed by atoms with Crippen LogP contribution in [0.3, 0.4) is 0 Å². The molecule has 2 aliphatic carbocycles. The third-order valence-corrected chi connectivity index (χ3v) is 8.53. The summed E-state index contributed by atoms with van der Waals surface area (Å²) in [4.78, 5) is 29.9. The number of nitrogens with zero attached hydrogens (tertiary/aromatic N) is 3. The van der Waals surface area contributed by atoms with E-state index in [1.165, 1.54) is 31.7 Å². The minimum Gasteiger partial charge on any atom is -0.335 e. The zero-order valence-corrected chi connectivity index (χ0v) is 20.9. The number of amides is 1. The maximum Gasteiger partial charge on any atom is 0.272 e. The number of benzene rings is 2. The molecule has 3 aliphatic rings. The second kappa shape index (κ2) is 9.11. The smallest absolute Gasteiger partial charge is 0.272 e. The summed E-state index contributed by atoms with van der Waals surface area (Å²) in [6.07, 6.45) is 5.62. The number of aromatic nitrogens is 2. The highest BCUT2D eigenvalue weighted by molar-refractivity contribution is 5.95. The molecule has 1 saturated heterocycles. The van der Waals surface area contributed by atoms with E-state index in [-0.39, 0.29) is 17.0 Å². The van der Waals surface area contributed by atoms with Crippen molar-refractivity contribution in [2.24, 2.45) is 11.8 Å². The van der Waals surface area contributed by atoms with Gasteiger partial charge in [-0.1, -0.05) is 24.3 Å². The van der Waals surface area contributed by atoms with E-state index in [1.807, 2.05) is 18.2 Å². The molecule has 0 bridgehead atoms. The molecule has 2 saturated carbocycles. The first-order valence-corrected chi connectivity index (χ1v) is 13.2. The fourth-order valence-corrected chi connectivity index (χ4v) is 6.01. The zero-order chi connectivity index (χ0) is 25.0. The Balaban J connectivity index is 1.18. The maximum atomic E-state index is 14.8. The van der Waals surface area contributed by atoms with E-state index in [1.54, 1.807) is 23.1 Å². The third-order valence-electron chi connectivity index (χ3n) is 8.53. The van der Waals surface area contributed by atoms with Gasteiger partial charge in [-0.2, -0.15) is 5.10 Å². The lowest BCUT2D eigenvalue weighted by atomic mass is 9.96. The first-order chi connectivity index (χ1) is 17.4. The van der Waals surface area contributed by atoms with Crippen LogP contribution in [-0.4, -0.2) is 57.1 Å². The Morgan fingerprint density at radius 3 is 2.33 bits per heavy atom. The van der Waals surface area contributed by atoms with Crippen molar-refractivity contribution >= 4 is 16.7 Å². The number of aromatic amines is 1. The van der Waals surface area contributed by atoms with Gasteiger partial charge in [0.2, 0.25) is 0 Å². The molecule has 0 spiro atoms. The van der Waals surface area contributed by atoms with Crippen LogP contribution >= 0.6 is 0 Å². The predicted octanol–water partition coefficient (Wildman–Crippen LogP) is 4.38. The zero-order valence-electron chi connectivity index (χ0n) is 20.9. The molecule has 3 fully saturated rings. The van der Waals surface area contributed by atoms with Crippen LogP contribution in [0.5, 0.6) is 0 Å². The van der Waals surface area contributed by atoms with Crippen molar-refractivity contribution < 1.29 is 9.18 Å². The fourth-order valence-electron chi connectivity index (χ4n) is 6.01. The molecule has 3 aromatic rings. The summed E-state index contributed by atoms with van der Waals surface area (Å²) in [6, 6.07) is 13.4. The van der Waals surface area contributed by atoms with Crippen molar-refractivity contribution in [1.82, 2.24) is 20.0 Å². The van der Waals surface area contributed by atoms with Crippen LogP contribution in [0.4, 0.5) is 4.39 Å². The Hall–Kier alpha value is -3.06. The maximum absolute atomic E-state index is 14.8. The quantitative estimate of drug-likeness (QED) is 0.511. The lowest BCUT2D eigenvalue weighted by Gasteiger charge is -2.50. The topological polar surface area (TPSA) is 69.3 Å². The average Bonchev–Trinajstić information content (AvgIpc) is 3.76. The Morgan fingerprint density at radius 1 is 1.06 bits per heavy atom. The number of nitrogens with one attached hydrogen (secondary N) is 1. The number of carbonyl (C=O) groups is 1. The number of rotatable bonds is 8. The minimum atomic E-state index is -0.499. The molecule has 1 aromatic heterocycles. The number of hydrogen-bond acceptors (Lipinski definition) is 4. The molecule has 1 amide bonds. The summed E-state index contributed by atoms with van der Waals surface area (Å²) in [5.41, 5.74) is 1.35. The van der Waals surface area contributed by atoms with Gasteiger partial charge in [0, 0.05) is 43.0 Å². The van der Waals surface area contributed by atoms with Crippen LogP contribution in [0.2, 0.25) is 0 Å². The Kier molecular flexibility index (Phi) is 5.91. The minimum absolute atomic E-state index is 0.108. The monoisotopic (exact) mass is 488 g/mol. The molecule has 1 N–H and O–H groups in total. The van der Waals surface area contributed by atoms with Crippen LogP contribution in [-0.2, 0) is 6.42 Å². The van der Waals surface area contributed by atoms with E-state index in [0.717, 1.165) is 22.8 Å². The van der Waals surface area contributed by atoms with Gasteiger partial charge in [-0.25, -0.2) is 9.49 Å². The van der Waals surface area contributed by atoms with Gasteiger partial charge >= 0.3 is 0 Å². The van der Waals surface area contributed by atoms with Crippen LogP contribution in [0.25, 0.3) is 10.8 Å². The second-order valence-corrected chi connectivity index (χ2v) is 11.0. The molecule has 6 nitrogen and oxygen atoms in total. The van der Waals surface area contributed by atoms with Crippen LogP contribution in [0, 0.1) is 17.7 Å². The highest BCUT2D eigenvalue weighted by Crippen LogP contribution is 2.43. The average molecular weight is 489 g/mol. The van der Waals surface area contributed by atoms with Crippen molar-refractivity contribution in [3.63, 3.8) is 0 Å². The van der Waals surface area contributed by atoms with Gasteiger partial charge < -0.3 is 4.90 Å². The number of likely N-dealkylation sites (tertiary alicyclic amines) is 1. The van der Waals surface area contributed by atoms with Crippen LogP contribution < -0.4 is 5.56 Å². The Labute approximate surface area is 210 Å². The molecular weight excluding hydrogens is 455 g/mol.